The van der Waals surface area contributed by atoms with Crippen LogP contribution in [0.4, 0.5) is 17.1 Å². The van der Waals surface area contributed by atoms with Crippen molar-refractivity contribution < 1.29 is 4.74 Å². The number of pyridine rings is 2. The van der Waals surface area contributed by atoms with Crippen LogP contribution in [-0.2, 0) is 0 Å². The van der Waals surface area contributed by atoms with Gasteiger partial charge in [-0.1, -0.05) is 0 Å². The molecule has 1 aromatic carbocycles. The van der Waals surface area contributed by atoms with Gasteiger partial charge in [-0.15, -0.1) is 0 Å². The summed E-state index contributed by atoms with van der Waals surface area (Å²) in [4.78, 5) is 8.85. The van der Waals surface area contributed by atoms with Crippen molar-refractivity contribution in [3.8, 4) is 5.88 Å². The minimum Gasteiger partial charge on any atom is -0.481 e. The first kappa shape index (κ1) is 15.1. The summed E-state index contributed by atoms with van der Waals surface area (Å²) in [7, 11) is 1.61. The number of rotatable bonds is 6. The summed E-state index contributed by atoms with van der Waals surface area (Å²) in [5, 5.41) is 4.19. The van der Waals surface area contributed by atoms with Gasteiger partial charge in [-0.25, -0.2) is 4.98 Å². The average molecular weight is 338 g/mol. The molecule has 2 aromatic heterocycles. The third-order valence-electron chi connectivity index (χ3n) is 3.80. The lowest BCUT2D eigenvalue weighted by atomic mass is 10.2. The Hall–Kier alpha value is -2.47. The number of nitrogens with zero attached hydrogens (tertiary/aromatic N) is 2. The highest BCUT2D eigenvalue weighted by molar-refractivity contribution is 8.01. The largest absolute Gasteiger partial charge is 0.481 e. The van der Waals surface area contributed by atoms with E-state index in [-0.39, 0.29) is 0 Å². The molecule has 3 aromatic rings. The summed E-state index contributed by atoms with van der Waals surface area (Å²) in [6.07, 6.45) is 4.42. The van der Waals surface area contributed by atoms with Gasteiger partial charge >= 0.3 is 0 Å². The lowest BCUT2D eigenvalue weighted by Gasteiger charge is -2.11. The van der Waals surface area contributed by atoms with E-state index in [1.165, 1.54) is 12.8 Å². The van der Waals surface area contributed by atoms with E-state index in [4.69, 9.17) is 4.74 Å². The van der Waals surface area contributed by atoms with Crippen molar-refractivity contribution >= 4 is 40.0 Å². The fourth-order valence-electron chi connectivity index (χ4n) is 2.34. The molecule has 1 aliphatic rings. The molecule has 1 saturated carbocycles. The van der Waals surface area contributed by atoms with Crippen LogP contribution in [0.1, 0.15) is 12.8 Å². The topological polar surface area (TPSA) is 59.1 Å². The van der Waals surface area contributed by atoms with Crippen molar-refractivity contribution in [1.29, 1.82) is 0 Å². The molecule has 0 radical (unpaired) electrons. The molecule has 4 rings (SSSR count). The van der Waals surface area contributed by atoms with Crippen LogP contribution in [0, 0.1) is 0 Å². The van der Waals surface area contributed by atoms with E-state index in [1.807, 2.05) is 30.1 Å². The molecule has 5 nitrogen and oxygen atoms in total. The Morgan fingerprint density at radius 2 is 1.83 bits per heavy atom. The Balaban J connectivity index is 1.54. The number of hydrogen-bond acceptors (Lipinski definition) is 6. The van der Waals surface area contributed by atoms with Crippen molar-refractivity contribution in [2.24, 2.45) is 0 Å². The van der Waals surface area contributed by atoms with E-state index in [0.29, 0.717) is 5.88 Å². The van der Waals surface area contributed by atoms with Crippen LogP contribution in [0.15, 0.2) is 48.7 Å². The Bertz CT molecular complexity index is 849. The summed E-state index contributed by atoms with van der Waals surface area (Å²) in [6, 6.07) is 13.9. The van der Waals surface area contributed by atoms with Crippen LogP contribution in [0.2, 0.25) is 0 Å². The third-order valence-corrected chi connectivity index (χ3v) is 4.96. The second-order valence-corrected chi connectivity index (χ2v) is 6.81. The van der Waals surface area contributed by atoms with Gasteiger partial charge in [-0.05, 0) is 61.2 Å². The molecule has 0 spiro atoms. The highest BCUT2D eigenvalue weighted by Crippen LogP contribution is 2.34. The van der Waals surface area contributed by atoms with Gasteiger partial charge in [0.2, 0.25) is 5.88 Å². The van der Waals surface area contributed by atoms with Crippen LogP contribution < -0.4 is 14.8 Å². The quantitative estimate of drug-likeness (QED) is 0.640. The average Bonchev–Trinajstić information content (AvgIpc) is 3.45. The van der Waals surface area contributed by atoms with E-state index in [0.717, 1.165) is 33.3 Å². The zero-order valence-corrected chi connectivity index (χ0v) is 14.1. The number of benzene rings is 1. The molecule has 2 heterocycles. The number of nitrogens with one attached hydrogen (secondary N) is 2. The maximum atomic E-state index is 5.22. The first-order chi connectivity index (χ1) is 11.8. The second-order valence-electron chi connectivity index (χ2n) is 5.70. The molecule has 122 valence electrons. The summed E-state index contributed by atoms with van der Waals surface area (Å²) in [6.45, 7) is 0. The number of fused-ring (bicyclic) bond motifs is 1. The predicted octanol–water partition coefficient (Wildman–Crippen LogP) is 4.60. The van der Waals surface area contributed by atoms with Crippen LogP contribution >= 0.6 is 11.9 Å². The third kappa shape index (κ3) is 3.38. The first-order valence-corrected chi connectivity index (χ1v) is 8.78. The van der Waals surface area contributed by atoms with Gasteiger partial charge in [-0.3, -0.25) is 4.98 Å². The van der Waals surface area contributed by atoms with Gasteiger partial charge in [0.1, 0.15) is 5.52 Å². The van der Waals surface area contributed by atoms with E-state index in [9.17, 15) is 0 Å². The molecule has 0 saturated heterocycles. The van der Waals surface area contributed by atoms with E-state index < -0.39 is 0 Å². The number of anilines is 3. The number of hydrogen-bond donors (Lipinski definition) is 2. The van der Waals surface area contributed by atoms with Crippen molar-refractivity contribution in [3.05, 3.63) is 48.7 Å². The number of methoxy groups -OCH3 is 1. The number of ether oxygens (including phenoxy) is 1. The Kier molecular flexibility index (Phi) is 4.13. The van der Waals surface area contributed by atoms with Crippen LogP contribution in [0.5, 0.6) is 5.88 Å². The van der Waals surface area contributed by atoms with Gasteiger partial charge in [0.25, 0.3) is 0 Å². The summed E-state index contributed by atoms with van der Waals surface area (Å²) in [5.41, 5.74) is 4.67. The van der Waals surface area contributed by atoms with Crippen molar-refractivity contribution in [2.45, 2.75) is 18.1 Å². The fraction of sp³-hybridized carbons (Fsp3) is 0.222. The van der Waals surface area contributed by atoms with Crippen LogP contribution in [0.3, 0.4) is 0 Å². The minimum absolute atomic E-state index is 0.579. The smallest absolute Gasteiger partial charge is 0.213 e. The van der Waals surface area contributed by atoms with E-state index >= 15 is 0 Å². The van der Waals surface area contributed by atoms with Gasteiger partial charge in [0, 0.05) is 28.9 Å². The predicted molar refractivity (Wildman–Crippen MR) is 100 cm³/mol. The Labute approximate surface area is 145 Å². The zero-order valence-electron chi connectivity index (χ0n) is 13.3. The molecule has 0 bridgehead atoms. The fourth-order valence-corrected chi connectivity index (χ4v) is 3.15. The highest BCUT2D eigenvalue weighted by Gasteiger charge is 2.21. The molecule has 0 unspecified atom stereocenters. The molecule has 0 aliphatic heterocycles. The molecular formula is C18H18N4OS. The number of aromatic nitrogens is 2. The normalized spacial score (nSPS) is 13.7. The molecule has 2 N–H and O–H groups in total. The van der Waals surface area contributed by atoms with Crippen LogP contribution in [-0.4, -0.2) is 22.3 Å². The first-order valence-electron chi connectivity index (χ1n) is 7.90. The molecule has 0 amide bonds. The van der Waals surface area contributed by atoms with Crippen LogP contribution in [0.25, 0.3) is 11.0 Å². The highest BCUT2D eigenvalue weighted by atomic mass is 32.2. The summed E-state index contributed by atoms with van der Waals surface area (Å²) in [5.74, 6) is 0.579. The van der Waals surface area contributed by atoms with E-state index in [2.05, 4.69) is 44.3 Å². The lowest BCUT2D eigenvalue weighted by molar-refractivity contribution is 0.399. The lowest BCUT2D eigenvalue weighted by Crippen LogP contribution is -1.96. The van der Waals surface area contributed by atoms with Gasteiger partial charge in [0.15, 0.2) is 0 Å². The van der Waals surface area contributed by atoms with Gasteiger partial charge in [-0.2, -0.15) is 0 Å². The van der Waals surface area contributed by atoms with Gasteiger partial charge in [0.05, 0.1) is 18.3 Å². The maximum absolute atomic E-state index is 5.22. The zero-order chi connectivity index (χ0) is 16.4. The van der Waals surface area contributed by atoms with E-state index in [1.54, 1.807) is 13.3 Å². The molecular weight excluding hydrogens is 320 g/mol. The molecule has 1 aliphatic carbocycles. The molecule has 0 atom stereocenters. The van der Waals surface area contributed by atoms with Gasteiger partial charge < -0.3 is 14.8 Å². The SMILES string of the molecule is COc1ccc2nccc(Nc3ccc(NSC4CC4)cc3)c2n1. The second kappa shape index (κ2) is 6.57. The maximum Gasteiger partial charge on any atom is 0.213 e. The standard InChI is InChI=1S/C18H18N4OS/c1-23-17-9-8-15-18(21-17)16(10-11-19-15)20-12-2-4-13(5-3-12)22-24-14-6-7-14/h2-5,8-11,14,22H,6-7H2,1H3,(H,19,20). The summed E-state index contributed by atoms with van der Waals surface area (Å²) >= 11 is 1.81. The van der Waals surface area contributed by atoms with Crippen molar-refractivity contribution in [2.75, 3.05) is 17.1 Å². The summed E-state index contributed by atoms with van der Waals surface area (Å²) < 4.78 is 8.61. The molecule has 6 heteroatoms. The monoisotopic (exact) mass is 338 g/mol. The Morgan fingerprint density at radius 3 is 2.58 bits per heavy atom. The Morgan fingerprint density at radius 1 is 1.04 bits per heavy atom. The van der Waals surface area contributed by atoms with Crippen molar-refractivity contribution in [3.63, 3.8) is 0 Å². The minimum atomic E-state index is 0.579. The van der Waals surface area contributed by atoms with Crippen molar-refractivity contribution in [1.82, 2.24) is 9.97 Å². The molecule has 24 heavy (non-hydrogen) atoms. The molecule has 1 fully saturated rings.